The molecule has 1 heterocycles. The van der Waals surface area contributed by atoms with Gasteiger partial charge in [0.15, 0.2) is 5.79 Å². The fourth-order valence-corrected chi connectivity index (χ4v) is 9.21. The van der Waals surface area contributed by atoms with Gasteiger partial charge in [0.2, 0.25) is 0 Å². The number of hydrogen-bond donors (Lipinski definition) is 1. The molecule has 2 aromatic rings. The molecule has 2 atom stereocenters. The molecule has 0 aliphatic carbocycles. The van der Waals surface area contributed by atoms with E-state index >= 15 is 0 Å². The van der Waals surface area contributed by atoms with Gasteiger partial charge in [-0.05, 0) is 35.7 Å². The molecule has 0 saturated carbocycles. The van der Waals surface area contributed by atoms with Gasteiger partial charge in [-0.1, -0.05) is 81.4 Å². The van der Waals surface area contributed by atoms with Crippen LogP contribution in [0.3, 0.4) is 0 Å². The van der Waals surface area contributed by atoms with E-state index in [1.54, 1.807) is 0 Å². The van der Waals surface area contributed by atoms with Crippen LogP contribution in [0.25, 0.3) is 0 Å². The first-order valence-corrected chi connectivity index (χ1v) is 12.8. The minimum absolute atomic E-state index is 0.0218. The third kappa shape index (κ3) is 5.03. The predicted molar refractivity (Wildman–Crippen MR) is 124 cm³/mol. The highest BCUT2D eigenvalue weighted by Crippen LogP contribution is 2.37. The first-order valence-electron chi connectivity index (χ1n) is 10.9. The summed E-state index contributed by atoms with van der Waals surface area (Å²) in [5.41, 5.74) is 0. The first kappa shape index (κ1) is 23.2. The van der Waals surface area contributed by atoms with Gasteiger partial charge in [0, 0.05) is 13.0 Å². The van der Waals surface area contributed by atoms with Crippen molar-refractivity contribution in [3.05, 3.63) is 60.7 Å². The maximum absolute atomic E-state index is 9.39. The average Bonchev–Trinajstić information content (AvgIpc) is 2.68. The summed E-state index contributed by atoms with van der Waals surface area (Å²) in [6.07, 6.45) is 1.24. The van der Waals surface area contributed by atoms with Gasteiger partial charge in [-0.25, -0.2) is 0 Å². The second kappa shape index (κ2) is 9.33. The third-order valence-corrected chi connectivity index (χ3v) is 10.8. The third-order valence-electron chi connectivity index (χ3n) is 5.78. The molecule has 0 unspecified atom stereocenters. The molecule has 0 radical (unpaired) electrons. The van der Waals surface area contributed by atoms with E-state index in [-0.39, 0.29) is 23.9 Å². The Kier molecular flexibility index (Phi) is 7.20. The van der Waals surface area contributed by atoms with Crippen molar-refractivity contribution in [3.63, 3.8) is 0 Å². The quantitative estimate of drug-likeness (QED) is 0.681. The number of benzene rings is 2. The van der Waals surface area contributed by atoms with Crippen molar-refractivity contribution >= 4 is 18.7 Å². The van der Waals surface area contributed by atoms with Crippen molar-refractivity contribution in [2.24, 2.45) is 0 Å². The van der Waals surface area contributed by atoms with Crippen LogP contribution in [-0.4, -0.2) is 44.6 Å². The molecular weight excluding hydrogens is 392 g/mol. The van der Waals surface area contributed by atoms with Crippen molar-refractivity contribution in [1.29, 1.82) is 0 Å². The summed E-state index contributed by atoms with van der Waals surface area (Å²) in [5, 5.41) is 11.9. The second-order valence-electron chi connectivity index (χ2n) is 9.60. The number of rotatable bonds is 7. The van der Waals surface area contributed by atoms with Crippen LogP contribution in [0.15, 0.2) is 60.7 Å². The molecule has 5 heteroatoms. The largest absolute Gasteiger partial charge is 0.405 e. The molecule has 1 aliphatic heterocycles. The van der Waals surface area contributed by atoms with Crippen LogP contribution in [0.4, 0.5) is 0 Å². The van der Waals surface area contributed by atoms with Crippen molar-refractivity contribution < 1.29 is 19.0 Å². The minimum Gasteiger partial charge on any atom is -0.405 e. The molecule has 1 N–H and O–H groups in total. The molecule has 1 aliphatic rings. The molecule has 1 saturated heterocycles. The number of aliphatic hydroxyl groups is 1. The van der Waals surface area contributed by atoms with Crippen molar-refractivity contribution in [3.8, 4) is 0 Å². The van der Waals surface area contributed by atoms with Crippen LogP contribution in [0, 0.1) is 0 Å². The molecule has 0 spiro atoms. The molecule has 0 amide bonds. The van der Waals surface area contributed by atoms with Crippen molar-refractivity contribution in [2.45, 2.75) is 70.5 Å². The topological polar surface area (TPSA) is 47.9 Å². The Labute approximate surface area is 182 Å². The van der Waals surface area contributed by atoms with Crippen LogP contribution >= 0.6 is 0 Å². The molecule has 0 bridgehead atoms. The molecule has 1 fully saturated rings. The molecule has 3 rings (SSSR count). The SMILES string of the molecule is CC1(C)O[C@H](CCO)C[C@@H](CO[Si](c2ccccc2)(c2ccccc2)C(C)(C)C)O1. The van der Waals surface area contributed by atoms with E-state index in [2.05, 4.69) is 81.4 Å². The predicted octanol–water partition coefficient (Wildman–Crippen LogP) is 3.86. The first-order chi connectivity index (χ1) is 14.2. The van der Waals surface area contributed by atoms with E-state index in [1.807, 2.05) is 13.8 Å². The van der Waals surface area contributed by atoms with Crippen LogP contribution in [0.2, 0.25) is 5.04 Å². The second-order valence-corrected chi connectivity index (χ2v) is 13.9. The highest BCUT2D eigenvalue weighted by molar-refractivity contribution is 6.99. The molecular formula is C25H36O4Si. The van der Waals surface area contributed by atoms with Crippen molar-refractivity contribution in [1.82, 2.24) is 0 Å². The maximum Gasteiger partial charge on any atom is 0.261 e. The van der Waals surface area contributed by atoms with Gasteiger partial charge in [0.1, 0.15) is 0 Å². The van der Waals surface area contributed by atoms with E-state index in [1.165, 1.54) is 10.4 Å². The zero-order valence-electron chi connectivity index (χ0n) is 18.9. The smallest absolute Gasteiger partial charge is 0.261 e. The Morgan fingerprint density at radius 2 is 1.43 bits per heavy atom. The van der Waals surface area contributed by atoms with Gasteiger partial charge in [0.05, 0.1) is 18.8 Å². The monoisotopic (exact) mass is 428 g/mol. The highest BCUT2D eigenvalue weighted by atomic mass is 28.4. The van der Waals surface area contributed by atoms with Crippen LogP contribution < -0.4 is 10.4 Å². The Morgan fingerprint density at radius 1 is 0.933 bits per heavy atom. The average molecular weight is 429 g/mol. The molecule has 2 aromatic carbocycles. The lowest BCUT2D eigenvalue weighted by atomic mass is 10.1. The van der Waals surface area contributed by atoms with E-state index in [0.29, 0.717) is 13.0 Å². The van der Waals surface area contributed by atoms with E-state index in [4.69, 9.17) is 13.9 Å². The lowest BCUT2D eigenvalue weighted by molar-refractivity contribution is -0.304. The van der Waals surface area contributed by atoms with Gasteiger partial charge in [0.25, 0.3) is 8.32 Å². The number of hydrogen-bond acceptors (Lipinski definition) is 4. The van der Waals surface area contributed by atoms with E-state index < -0.39 is 14.1 Å². The zero-order valence-corrected chi connectivity index (χ0v) is 19.9. The van der Waals surface area contributed by atoms with Crippen LogP contribution in [0.5, 0.6) is 0 Å². The molecule has 164 valence electrons. The van der Waals surface area contributed by atoms with Gasteiger partial charge >= 0.3 is 0 Å². The maximum atomic E-state index is 9.39. The number of ether oxygens (including phenoxy) is 2. The van der Waals surface area contributed by atoms with Gasteiger partial charge in [-0.3, -0.25) is 0 Å². The molecule has 4 nitrogen and oxygen atoms in total. The summed E-state index contributed by atoms with van der Waals surface area (Å²) in [7, 11) is -2.59. The van der Waals surface area contributed by atoms with Gasteiger partial charge < -0.3 is 19.0 Å². The van der Waals surface area contributed by atoms with Crippen LogP contribution in [-0.2, 0) is 13.9 Å². The fourth-order valence-electron chi connectivity index (χ4n) is 4.62. The Hall–Kier alpha value is -1.50. The normalized spacial score (nSPS) is 22.1. The summed E-state index contributed by atoms with van der Waals surface area (Å²) in [6.45, 7) is 11.3. The Morgan fingerprint density at radius 3 is 1.90 bits per heavy atom. The summed E-state index contributed by atoms with van der Waals surface area (Å²) in [5.74, 6) is -0.683. The van der Waals surface area contributed by atoms with Crippen LogP contribution in [0.1, 0.15) is 47.5 Å². The van der Waals surface area contributed by atoms with E-state index in [9.17, 15) is 5.11 Å². The molecule has 30 heavy (non-hydrogen) atoms. The summed E-state index contributed by atoms with van der Waals surface area (Å²) in [4.78, 5) is 0. The Bertz CT molecular complexity index is 746. The molecule has 0 aromatic heterocycles. The summed E-state index contributed by atoms with van der Waals surface area (Å²) < 4.78 is 19.2. The van der Waals surface area contributed by atoms with E-state index in [0.717, 1.165) is 6.42 Å². The summed E-state index contributed by atoms with van der Waals surface area (Å²) in [6, 6.07) is 21.3. The van der Waals surface area contributed by atoms with Gasteiger partial charge in [-0.15, -0.1) is 0 Å². The number of aliphatic hydroxyl groups excluding tert-OH is 1. The fraction of sp³-hybridized carbons (Fsp3) is 0.520. The summed E-state index contributed by atoms with van der Waals surface area (Å²) >= 11 is 0. The lowest BCUT2D eigenvalue weighted by Crippen LogP contribution is -2.67. The standard InChI is InChI=1S/C25H36O4Si/c1-24(2,3)30(22-12-8-6-9-13-22,23-14-10-7-11-15-23)27-19-21-18-20(16-17-26)28-25(4,5)29-21/h6-15,20-21,26H,16-19H2,1-5H3/t20-,21+/m1/s1. The Balaban J connectivity index is 1.96. The van der Waals surface area contributed by atoms with Gasteiger partial charge in [-0.2, -0.15) is 0 Å². The highest BCUT2D eigenvalue weighted by Gasteiger charge is 2.51. The lowest BCUT2D eigenvalue weighted by Gasteiger charge is -2.45. The zero-order chi connectivity index (χ0) is 21.8. The minimum atomic E-state index is -2.59. The van der Waals surface area contributed by atoms with Crippen molar-refractivity contribution in [2.75, 3.05) is 13.2 Å².